The highest BCUT2D eigenvalue weighted by Gasteiger charge is 2.37. The van der Waals surface area contributed by atoms with Crippen molar-refractivity contribution in [2.24, 2.45) is 10.8 Å². The summed E-state index contributed by atoms with van der Waals surface area (Å²) >= 11 is 0. The first-order valence-corrected chi connectivity index (χ1v) is 6.03. The minimum atomic E-state index is -0.157. The van der Waals surface area contributed by atoms with Gasteiger partial charge in [-0.25, -0.2) is 0 Å². The fourth-order valence-corrected chi connectivity index (χ4v) is 2.14. The van der Waals surface area contributed by atoms with Crippen molar-refractivity contribution >= 4 is 14.9 Å². The van der Waals surface area contributed by atoms with Gasteiger partial charge < -0.3 is 5.32 Å². The molecule has 0 radical (unpaired) electrons. The van der Waals surface area contributed by atoms with Crippen molar-refractivity contribution in [1.29, 1.82) is 0 Å². The van der Waals surface area contributed by atoms with E-state index in [4.69, 9.17) is 0 Å². The van der Waals surface area contributed by atoms with Crippen LogP contribution < -0.4 is 5.32 Å². The van der Waals surface area contributed by atoms with Crippen molar-refractivity contribution in [3.05, 3.63) is 0 Å². The molecule has 0 heterocycles. The van der Waals surface area contributed by atoms with E-state index in [1.165, 1.54) is 0 Å². The summed E-state index contributed by atoms with van der Waals surface area (Å²) in [4.78, 5) is 11.0. The van der Waals surface area contributed by atoms with Crippen molar-refractivity contribution in [2.75, 3.05) is 0 Å². The molecule has 0 rings (SSSR count). The molecule has 0 saturated heterocycles. The van der Waals surface area contributed by atoms with E-state index in [2.05, 4.69) is 63.0 Å². The standard InChI is InChI=1S/C12H26NOP/c1-10(2,3)11(4,5)8-12(6,7)13-9(14)15/h8,15H2,1-7H3,(H,13,14). The predicted octanol–water partition coefficient (Wildman–Crippen LogP) is 3.81. The lowest BCUT2D eigenvalue weighted by Crippen LogP contribution is -2.47. The fourth-order valence-electron chi connectivity index (χ4n) is 1.75. The summed E-state index contributed by atoms with van der Waals surface area (Å²) in [6.07, 6.45) is 0.962. The van der Waals surface area contributed by atoms with Crippen LogP contribution in [0.4, 0.5) is 4.79 Å². The van der Waals surface area contributed by atoms with Crippen LogP contribution in [0.25, 0.3) is 0 Å². The summed E-state index contributed by atoms with van der Waals surface area (Å²) in [6, 6.07) is 0. The molecule has 1 unspecified atom stereocenters. The van der Waals surface area contributed by atoms with Crippen LogP contribution in [-0.4, -0.2) is 11.2 Å². The molecule has 1 atom stereocenters. The molecule has 90 valence electrons. The summed E-state index contributed by atoms with van der Waals surface area (Å²) in [5, 5.41) is 2.97. The molecule has 0 aliphatic rings. The molecule has 0 bridgehead atoms. The molecule has 0 aromatic carbocycles. The van der Waals surface area contributed by atoms with E-state index < -0.39 is 0 Å². The zero-order chi connectivity index (χ0) is 12.5. The second-order valence-electron chi connectivity index (χ2n) is 6.68. The summed E-state index contributed by atoms with van der Waals surface area (Å²) in [5.41, 5.74) is 0.222. The number of amides is 1. The van der Waals surface area contributed by atoms with Gasteiger partial charge in [-0.1, -0.05) is 34.6 Å². The zero-order valence-corrected chi connectivity index (χ0v) is 12.3. The van der Waals surface area contributed by atoms with Crippen LogP contribution in [-0.2, 0) is 0 Å². The summed E-state index contributed by atoms with van der Waals surface area (Å²) < 4.78 is 0. The maximum absolute atomic E-state index is 11.0. The molecule has 0 aromatic rings. The smallest absolute Gasteiger partial charge is 0.235 e. The van der Waals surface area contributed by atoms with Crippen molar-refractivity contribution in [2.45, 2.75) is 60.4 Å². The van der Waals surface area contributed by atoms with Crippen molar-refractivity contribution in [1.82, 2.24) is 5.32 Å². The Morgan fingerprint density at radius 2 is 1.47 bits per heavy atom. The Hall–Kier alpha value is -0.100. The Bertz CT molecular complexity index is 238. The van der Waals surface area contributed by atoms with Crippen molar-refractivity contribution < 1.29 is 4.79 Å². The third-order valence-corrected chi connectivity index (χ3v) is 3.52. The van der Waals surface area contributed by atoms with Gasteiger partial charge in [0.1, 0.15) is 0 Å². The molecule has 0 spiro atoms. The van der Waals surface area contributed by atoms with Gasteiger partial charge in [0.25, 0.3) is 0 Å². The Kier molecular flexibility index (Phi) is 4.38. The molecule has 2 nitrogen and oxygen atoms in total. The summed E-state index contributed by atoms with van der Waals surface area (Å²) in [6.45, 7) is 15.4. The van der Waals surface area contributed by atoms with Crippen LogP contribution in [0.2, 0.25) is 0 Å². The van der Waals surface area contributed by atoms with Crippen LogP contribution >= 0.6 is 9.24 Å². The van der Waals surface area contributed by atoms with Gasteiger partial charge in [-0.2, -0.15) is 0 Å². The highest BCUT2D eigenvalue weighted by Crippen LogP contribution is 2.43. The lowest BCUT2D eigenvalue weighted by atomic mass is 9.64. The molecule has 3 heteroatoms. The average molecular weight is 231 g/mol. The monoisotopic (exact) mass is 231 g/mol. The summed E-state index contributed by atoms with van der Waals surface area (Å²) in [7, 11) is 2.17. The van der Waals surface area contributed by atoms with Crippen LogP contribution in [0.15, 0.2) is 0 Å². The maximum atomic E-state index is 11.0. The Morgan fingerprint density at radius 3 is 1.73 bits per heavy atom. The Labute approximate surface area is 96.8 Å². The van der Waals surface area contributed by atoms with Gasteiger partial charge >= 0.3 is 0 Å². The number of carbonyl (C=O) groups excluding carboxylic acids is 1. The second kappa shape index (κ2) is 4.41. The molecular weight excluding hydrogens is 205 g/mol. The fraction of sp³-hybridized carbons (Fsp3) is 0.917. The number of rotatable bonds is 3. The highest BCUT2D eigenvalue weighted by molar-refractivity contribution is 7.39. The first-order chi connectivity index (χ1) is 6.37. The van der Waals surface area contributed by atoms with E-state index in [0.717, 1.165) is 6.42 Å². The molecule has 0 saturated carbocycles. The number of nitrogens with one attached hydrogen (secondary N) is 1. The van der Waals surface area contributed by atoms with Crippen LogP contribution in [0, 0.1) is 10.8 Å². The van der Waals surface area contributed by atoms with Crippen LogP contribution in [0.1, 0.15) is 54.9 Å². The predicted molar refractivity (Wildman–Crippen MR) is 70.2 cm³/mol. The highest BCUT2D eigenvalue weighted by atomic mass is 31.0. The van der Waals surface area contributed by atoms with Crippen LogP contribution in [0.3, 0.4) is 0 Å². The van der Waals surface area contributed by atoms with Gasteiger partial charge in [-0.15, -0.1) is 0 Å². The molecule has 0 aliphatic carbocycles. The Morgan fingerprint density at radius 1 is 1.07 bits per heavy atom. The number of hydrogen-bond donors (Lipinski definition) is 1. The number of carbonyl (C=O) groups is 1. The van der Waals surface area contributed by atoms with Gasteiger partial charge in [-0.3, -0.25) is 4.79 Å². The van der Waals surface area contributed by atoms with E-state index in [1.54, 1.807) is 0 Å². The van der Waals surface area contributed by atoms with E-state index in [9.17, 15) is 4.79 Å². The van der Waals surface area contributed by atoms with E-state index >= 15 is 0 Å². The molecule has 1 N–H and O–H groups in total. The van der Waals surface area contributed by atoms with Crippen molar-refractivity contribution in [3.63, 3.8) is 0 Å². The van der Waals surface area contributed by atoms with E-state index in [1.807, 2.05) is 0 Å². The van der Waals surface area contributed by atoms with Gasteiger partial charge in [0.15, 0.2) is 0 Å². The first-order valence-electron chi connectivity index (χ1n) is 5.45. The van der Waals surface area contributed by atoms with Gasteiger partial charge in [0, 0.05) is 5.54 Å². The molecular formula is C12H26NOP. The quantitative estimate of drug-likeness (QED) is 0.735. The van der Waals surface area contributed by atoms with Crippen LogP contribution in [0.5, 0.6) is 0 Å². The summed E-state index contributed by atoms with van der Waals surface area (Å²) in [5.74, 6) is 0. The molecule has 1 amide bonds. The second-order valence-corrected chi connectivity index (χ2v) is 7.21. The minimum Gasteiger partial charge on any atom is -0.348 e. The average Bonchev–Trinajstić information content (AvgIpc) is 1.75. The van der Waals surface area contributed by atoms with E-state index in [0.29, 0.717) is 0 Å². The first kappa shape index (κ1) is 14.9. The normalized spacial score (nSPS) is 13.9. The number of hydrogen-bond acceptors (Lipinski definition) is 1. The third kappa shape index (κ3) is 4.97. The molecule has 0 aromatic heterocycles. The largest absolute Gasteiger partial charge is 0.348 e. The van der Waals surface area contributed by atoms with E-state index in [-0.39, 0.29) is 22.0 Å². The van der Waals surface area contributed by atoms with Gasteiger partial charge in [0.2, 0.25) is 5.65 Å². The van der Waals surface area contributed by atoms with Gasteiger partial charge in [0.05, 0.1) is 0 Å². The maximum Gasteiger partial charge on any atom is 0.235 e. The molecule has 0 aliphatic heterocycles. The molecule has 0 fully saturated rings. The zero-order valence-electron chi connectivity index (χ0n) is 11.2. The third-order valence-electron chi connectivity index (χ3n) is 3.38. The topological polar surface area (TPSA) is 29.1 Å². The van der Waals surface area contributed by atoms with Gasteiger partial charge in [-0.05, 0) is 40.3 Å². The lowest BCUT2D eigenvalue weighted by Gasteiger charge is -2.44. The minimum absolute atomic E-state index is 0.0373. The lowest BCUT2D eigenvalue weighted by molar-refractivity contribution is 0.0866. The Balaban J connectivity index is 4.64. The van der Waals surface area contributed by atoms with Crippen molar-refractivity contribution in [3.8, 4) is 0 Å². The SMILES string of the molecule is CC(C)(CC(C)(C)C(C)(C)C)NC(=O)P. The molecule has 15 heavy (non-hydrogen) atoms.